The zero-order valence-corrected chi connectivity index (χ0v) is 22.3. The third-order valence-corrected chi connectivity index (χ3v) is 5.94. The first-order valence-corrected chi connectivity index (χ1v) is 12.5. The summed E-state index contributed by atoms with van der Waals surface area (Å²) in [5.74, 6) is 3.83. The van der Waals surface area contributed by atoms with Crippen molar-refractivity contribution < 1.29 is 0 Å². The molecule has 2 unspecified atom stereocenters. The molecule has 1 aromatic rings. The minimum atomic E-state index is 0.533. The second-order valence-electron chi connectivity index (χ2n) is 9.30. The standard InChI is InChI=1S/C9H20.C8H12N2.C8H17N.C2H6/c1-5-7-9(6-2)8(3)4;1-6(2)7-3-4-10-8(9)5-7;1-7(2)8-5-4-6-9(8)3;1-2/h8-9H,5-7H2,1-4H3;3-6H,1-2H3,(H2,9,10);7-8H,4-6H2,1-3H3;1-2H3. The van der Waals surface area contributed by atoms with E-state index in [2.05, 4.69) is 72.3 Å². The molecule has 1 aromatic heterocycles. The smallest absolute Gasteiger partial charge is 0.123 e. The van der Waals surface area contributed by atoms with E-state index in [9.17, 15) is 0 Å². The fourth-order valence-corrected chi connectivity index (χ4v) is 3.98. The zero-order valence-electron chi connectivity index (χ0n) is 22.3. The molecule has 1 saturated heterocycles. The van der Waals surface area contributed by atoms with Crippen LogP contribution in [0.3, 0.4) is 0 Å². The van der Waals surface area contributed by atoms with E-state index in [1.165, 1.54) is 44.2 Å². The van der Waals surface area contributed by atoms with Crippen LogP contribution in [0.2, 0.25) is 0 Å². The Morgan fingerprint density at radius 2 is 1.70 bits per heavy atom. The molecule has 0 saturated carbocycles. The van der Waals surface area contributed by atoms with Crippen molar-refractivity contribution in [1.29, 1.82) is 0 Å². The largest absolute Gasteiger partial charge is 0.384 e. The van der Waals surface area contributed by atoms with Crippen molar-refractivity contribution in [3.63, 3.8) is 0 Å². The number of aromatic nitrogens is 1. The molecule has 0 radical (unpaired) electrons. The number of nitrogens with zero attached hydrogens (tertiary/aromatic N) is 2. The minimum Gasteiger partial charge on any atom is -0.384 e. The Labute approximate surface area is 190 Å². The van der Waals surface area contributed by atoms with Gasteiger partial charge in [-0.3, -0.25) is 0 Å². The summed E-state index contributed by atoms with van der Waals surface area (Å²) in [4.78, 5) is 6.38. The van der Waals surface area contributed by atoms with Crippen LogP contribution in [0.4, 0.5) is 5.82 Å². The monoisotopic (exact) mass is 421 g/mol. The molecule has 0 bridgehead atoms. The van der Waals surface area contributed by atoms with E-state index in [0.717, 1.165) is 23.8 Å². The minimum absolute atomic E-state index is 0.533. The van der Waals surface area contributed by atoms with Crippen molar-refractivity contribution in [2.24, 2.45) is 17.8 Å². The van der Waals surface area contributed by atoms with Crippen molar-refractivity contribution >= 4 is 5.82 Å². The van der Waals surface area contributed by atoms with Crippen molar-refractivity contribution in [1.82, 2.24) is 9.88 Å². The molecule has 178 valence electrons. The second-order valence-corrected chi connectivity index (χ2v) is 9.30. The SMILES string of the molecule is CC.CC(C)C1CCCN1C.CC(C)c1ccnc(N)c1.CCCC(CC)C(C)C. The van der Waals surface area contributed by atoms with Gasteiger partial charge in [0.15, 0.2) is 0 Å². The summed E-state index contributed by atoms with van der Waals surface area (Å²) in [5.41, 5.74) is 6.73. The molecule has 3 heteroatoms. The van der Waals surface area contributed by atoms with Crippen LogP contribution < -0.4 is 5.73 Å². The summed E-state index contributed by atoms with van der Waals surface area (Å²) in [6.07, 6.45) is 8.66. The van der Waals surface area contributed by atoms with Gasteiger partial charge < -0.3 is 10.6 Å². The summed E-state index contributed by atoms with van der Waals surface area (Å²) in [6, 6.07) is 4.76. The highest BCUT2D eigenvalue weighted by atomic mass is 15.1. The van der Waals surface area contributed by atoms with E-state index in [1.807, 2.05) is 26.0 Å². The average Bonchev–Trinajstić information content (AvgIpc) is 3.14. The van der Waals surface area contributed by atoms with Gasteiger partial charge in [0.2, 0.25) is 0 Å². The van der Waals surface area contributed by atoms with Gasteiger partial charge in [-0.15, -0.1) is 0 Å². The summed E-state index contributed by atoms with van der Waals surface area (Å²) < 4.78 is 0. The summed E-state index contributed by atoms with van der Waals surface area (Å²) in [6.45, 7) is 23.4. The van der Waals surface area contributed by atoms with Crippen LogP contribution in [0, 0.1) is 17.8 Å². The molecule has 30 heavy (non-hydrogen) atoms. The van der Waals surface area contributed by atoms with Crippen LogP contribution in [0.25, 0.3) is 0 Å². The highest BCUT2D eigenvalue weighted by molar-refractivity contribution is 5.33. The summed E-state index contributed by atoms with van der Waals surface area (Å²) in [7, 11) is 2.23. The quantitative estimate of drug-likeness (QED) is 0.505. The summed E-state index contributed by atoms with van der Waals surface area (Å²) >= 11 is 0. The van der Waals surface area contributed by atoms with Gasteiger partial charge in [-0.05, 0) is 67.8 Å². The number of hydrogen-bond donors (Lipinski definition) is 1. The van der Waals surface area contributed by atoms with E-state index >= 15 is 0 Å². The van der Waals surface area contributed by atoms with Gasteiger partial charge in [0.25, 0.3) is 0 Å². The molecule has 2 heterocycles. The first-order valence-electron chi connectivity index (χ1n) is 12.5. The van der Waals surface area contributed by atoms with Crippen LogP contribution >= 0.6 is 0 Å². The predicted octanol–water partition coefficient (Wildman–Crippen LogP) is 8.02. The Kier molecular flexibility index (Phi) is 19.3. The van der Waals surface area contributed by atoms with Crippen LogP contribution in [0.5, 0.6) is 0 Å². The highest BCUT2D eigenvalue weighted by Gasteiger charge is 2.22. The molecule has 1 aliphatic rings. The topological polar surface area (TPSA) is 42.2 Å². The third kappa shape index (κ3) is 14.0. The zero-order chi connectivity index (χ0) is 23.7. The van der Waals surface area contributed by atoms with Gasteiger partial charge in [0.1, 0.15) is 5.82 Å². The molecular weight excluding hydrogens is 366 g/mol. The molecule has 0 amide bonds. The van der Waals surface area contributed by atoms with E-state index in [-0.39, 0.29) is 0 Å². The molecule has 2 atom stereocenters. The summed E-state index contributed by atoms with van der Waals surface area (Å²) in [5, 5.41) is 0. The Hall–Kier alpha value is -1.09. The van der Waals surface area contributed by atoms with Gasteiger partial charge >= 0.3 is 0 Å². The number of hydrogen-bond acceptors (Lipinski definition) is 3. The lowest BCUT2D eigenvalue weighted by Crippen LogP contribution is -2.29. The maximum atomic E-state index is 5.49. The molecular formula is C27H55N3. The molecule has 3 nitrogen and oxygen atoms in total. The molecule has 0 aromatic carbocycles. The molecule has 2 N–H and O–H groups in total. The van der Waals surface area contributed by atoms with Crippen LogP contribution in [-0.2, 0) is 0 Å². The molecule has 1 aliphatic heterocycles. The van der Waals surface area contributed by atoms with Gasteiger partial charge in [0, 0.05) is 12.2 Å². The maximum Gasteiger partial charge on any atom is 0.123 e. The molecule has 0 aliphatic carbocycles. The molecule has 2 rings (SSSR count). The van der Waals surface area contributed by atoms with E-state index in [1.54, 1.807) is 6.20 Å². The third-order valence-electron chi connectivity index (χ3n) is 5.94. The van der Waals surface area contributed by atoms with Gasteiger partial charge in [-0.1, -0.05) is 88.5 Å². The number of likely N-dealkylation sites (tertiary alicyclic amines) is 1. The number of rotatable bonds is 6. The van der Waals surface area contributed by atoms with Crippen LogP contribution in [0.1, 0.15) is 113 Å². The Morgan fingerprint density at radius 1 is 1.10 bits per heavy atom. The van der Waals surface area contributed by atoms with Crippen molar-refractivity contribution in [3.8, 4) is 0 Å². The lowest BCUT2D eigenvalue weighted by atomic mass is 9.89. The number of anilines is 1. The van der Waals surface area contributed by atoms with Gasteiger partial charge in [0.05, 0.1) is 0 Å². The number of nitrogen functional groups attached to an aromatic ring is 1. The Morgan fingerprint density at radius 3 is 1.93 bits per heavy atom. The van der Waals surface area contributed by atoms with Crippen LogP contribution in [-0.4, -0.2) is 29.5 Å². The molecule has 1 fully saturated rings. The number of nitrogens with two attached hydrogens (primary N) is 1. The Balaban J connectivity index is 0. The van der Waals surface area contributed by atoms with Gasteiger partial charge in [-0.25, -0.2) is 4.98 Å². The van der Waals surface area contributed by atoms with Crippen molar-refractivity contribution in [3.05, 3.63) is 23.9 Å². The van der Waals surface area contributed by atoms with Crippen molar-refractivity contribution in [2.75, 3.05) is 19.3 Å². The fraction of sp³-hybridized carbons (Fsp3) is 0.815. The first-order chi connectivity index (χ1) is 14.1. The lowest BCUT2D eigenvalue weighted by molar-refractivity contribution is 0.250. The molecule has 0 spiro atoms. The van der Waals surface area contributed by atoms with Crippen LogP contribution in [0.15, 0.2) is 18.3 Å². The van der Waals surface area contributed by atoms with E-state index < -0.39 is 0 Å². The first kappa shape index (κ1) is 31.1. The second kappa shape index (κ2) is 18.7. The lowest BCUT2D eigenvalue weighted by Gasteiger charge is -2.22. The predicted molar refractivity (Wildman–Crippen MR) is 138 cm³/mol. The number of pyridine rings is 1. The maximum absolute atomic E-state index is 5.49. The Bertz CT molecular complexity index is 497. The highest BCUT2D eigenvalue weighted by Crippen LogP contribution is 2.21. The normalized spacial score (nSPS) is 16.9. The van der Waals surface area contributed by atoms with Gasteiger partial charge in [-0.2, -0.15) is 0 Å². The van der Waals surface area contributed by atoms with E-state index in [0.29, 0.717) is 11.7 Å². The van der Waals surface area contributed by atoms with Crippen molar-refractivity contribution in [2.45, 2.75) is 113 Å². The average molecular weight is 422 g/mol. The fourth-order valence-electron chi connectivity index (χ4n) is 3.98. The van der Waals surface area contributed by atoms with E-state index in [4.69, 9.17) is 5.73 Å².